The van der Waals surface area contributed by atoms with Crippen LogP contribution in [0.1, 0.15) is 28.9 Å². The second kappa shape index (κ2) is 8.69. The van der Waals surface area contributed by atoms with Crippen molar-refractivity contribution in [2.45, 2.75) is 25.8 Å². The molecule has 160 valence electrons. The zero-order chi connectivity index (χ0) is 22.0. The number of piperidine rings is 1. The van der Waals surface area contributed by atoms with Crippen LogP contribution in [0.4, 0.5) is 21.5 Å². The third-order valence-electron chi connectivity index (χ3n) is 5.39. The zero-order valence-corrected chi connectivity index (χ0v) is 17.3. The number of benzene rings is 1. The monoisotopic (exact) mass is 420 g/mol. The molecule has 3 aromatic rings. The van der Waals surface area contributed by atoms with Gasteiger partial charge in [-0.25, -0.2) is 9.37 Å². The van der Waals surface area contributed by atoms with Crippen LogP contribution in [-0.2, 0) is 0 Å². The molecule has 4 rings (SSSR count). The summed E-state index contributed by atoms with van der Waals surface area (Å²) in [6.45, 7) is 3.36. The molecule has 1 atom stereocenters. The second-order valence-electron chi connectivity index (χ2n) is 7.81. The Morgan fingerprint density at radius 3 is 2.87 bits per heavy atom. The van der Waals surface area contributed by atoms with Crippen LogP contribution in [0.25, 0.3) is 11.3 Å². The minimum Gasteiger partial charge on any atom is -0.397 e. The molecule has 5 N–H and O–H groups in total. The molecule has 7 nitrogen and oxygen atoms in total. The van der Waals surface area contributed by atoms with Crippen molar-refractivity contribution in [2.75, 3.05) is 29.0 Å². The van der Waals surface area contributed by atoms with Gasteiger partial charge in [0.15, 0.2) is 5.69 Å². The highest BCUT2D eigenvalue weighted by Gasteiger charge is 2.21. The molecular weight excluding hydrogens is 395 g/mol. The van der Waals surface area contributed by atoms with Crippen molar-refractivity contribution in [2.24, 2.45) is 5.73 Å². The first-order valence-corrected chi connectivity index (χ1v) is 10.2. The molecule has 0 bridgehead atoms. The Balaban J connectivity index is 1.63. The van der Waals surface area contributed by atoms with Crippen molar-refractivity contribution in [1.29, 1.82) is 0 Å². The van der Waals surface area contributed by atoms with Crippen molar-refractivity contribution < 1.29 is 9.18 Å². The highest BCUT2D eigenvalue weighted by molar-refractivity contribution is 6.07. The minimum absolute atomic E-state index is 0.0302. The van der Waals surface area contributed by atoms with Gasteiger partial charge in [0.05, 0.1) is 29.0 Å². The standard InChI is InChI=1S/C23H25FN6O/c1-14-4-5-16(17(24)11-14)19-7-6-18(26)22(28-19)23(31)29-20-12-27-9-8-21(20)30-10-2-3-15(25)13-30/h4-9,11-12,15H,2-3,10,13,25-26H2,1H3,(H,29,31)/t15-/m0/s1. The number of amides is 1. The van der Waals surface area contributed by atoms with E-state index in [1.54, 1.807) is 36.7 Å². The van der Waals surface area contributed by atoms with Gasteiger partial charge in [0.25, 0.3) is 5.91 Å². The van der Waals surface area contributed by atoms with Gasteiger partial charge in [-0.1, -0.05) is 6.07 Å². The molecule has 3 heterocycles. The molecule has 2 aromatic heterocycles. The number of aryl methyl sites for hydroxylation is 1. The largest absolute Gasteiger partial charge is 0.397 e. The average Bonchev–Trinajstić information content (AvgIpc) is 2.75. The first-order valence-electron chi connectivity index (χ1n) is 10.2. The number of hydrogen-bond acceptors (Lipinski definition) is 6. The van der Waals surface area contributed by atoms with Crippen molar-refractivity contribution in [3.8, 4) is 11.3 Å². The van der Waals surface area contributed by atoms with Crippen LogP contribution in [-0.4, -0.2) is 35.0 Å². The van der Waals surface area contributed by atoms with E-state index in [-0.39, 0.29) is 17.4 Å². The quantitative estimate of drug-likeness (QED) is 0.597. The number of aromatic nitrogens is 2. The lowest BCUT2D eigenvalue weighted by atomic mass is 10.1. The zero-order valence-electron chi connectivity index (χ0n) is 17.3. The topological polar surface area (TPSA) is 110 Å². The van der Waals surface area contributed by atoms with E-state index in [1.807, 2.05) is 13.0 Å². The Morgan fingerprint density at radius 2 is 2.10 bits per heavy atom. The molecule has 1 fully saturated rings. The molecule has 8 heteroatoms. The molecule has 0 radical (unpaired) electrons. The van der Waals surface area contributed by atoms with Crippen LogP contribution in [0, 0.1) is 12.7 Å². The first kappa shape index (κ1) is 20.7. The fraction of sp³-hybridized carbons (Fsp3) is 0.261. The predicted molar refractivity (Wildman–Crippen MR) is 120 cm³/mol. The van der Waals surface area contributed by atoms with Gasteiger partial charge in [-0.05, 0) is 55.7 Å². The Morgan fingerprint density at radius 1 is 1.26 bits per heavy atom. The van der Waals surface area contributed by atoms with Crippen LogP contribution in [0.15, 0.2) is 48.8 Å². The van der Waals surface area contributed by atoms with Crippen molar-refractivity contribution in [1.82, 2.24) is 9.97 Å². The van der Waals surface area contributed by atoms with Gasteiger partial charge in [0.2, 0.25) is 0 Å². The van der Waals surface area contributed by atoms with Gasteiger partial charge in [-0.2, -0.15) is 0 Å². The summed E-state index contributed by atoms with van der Waals surface area (Å²) < 4.78 is 14.4. The van der Waals surface area contributed by atoms with Gasteiger partial charge in [0, 0.05) is 30.9 Å². The van der Waals surface area contributed by atoms with E-state index in [0.717, 1.165) is 30.6 Å². The molecule has 1 aliphatic heterocycles. The molecule has 1 saturated heterocycles. The van der Waals surface area contributed by atoms with Crippen LogP contribution in [0.3, 0.4) is 0 Å². The third-order valence-corrected chi connectivity index (χ3v) is 5.39. The van der Waals surface area contributed by atoms with Gasteiger partial charge >= 0.3 is 0 Å². The average molecular weight is 420 g/mol. The van der Waals surface area contributed by atoms with Gasteiger partial charge in [-0.15, -0.1) is 0 Å². The van der Waals surface area contributed by atoms with Crippen molar-refractivity contribution >= 4 is 23.0 Å². The first-order chi connectivity index (χ1) is 14.9. The summed E-state index contributed by atoms with van der Waals surface area (Å²) >= 11 is 0. The normalized spacial score (nSPS) is 16.2. The molecule has 0 aliphatic carbocycles. The number of pyridine rings is 2. The maximum Gasteiger partial charge on any atom is 0.276 e. The number of halogens is 1. The molecule has 1 aliphatic rings. The summed E-state index contributed by atoms with van der Waals surface area (Å²) in [5, 5.41) is 2.86. The fourth-order valence-electron chi connectivity index (χ4n) is 3.80. The van der Waals surface area contributed by atoms with E-state index in [4.69, 9.17) is 11.5 Å². The number of nitrogens with one attached hydrogen (secondary N) is 1. The summed E-state index contributed by atoms with van der Waals surface area (Å²) in [6, 6.07) is 9.96. The second-order valence-corrected chi connectivity index (χ2v) is 7.81. The molecule has 0 saturated carbocycles. The maximum atomic E-state index is 14.4. The molecule has 0 spiro atoms. The van der Waals surface area contributed by atoms with Crippen LogP contribution in [0.2, 0.25) is 0 Å². The van der Waals surface area contributed by atoms with Gasteiger partial charge in [-0.3, -0.25) is 9.78 Å². The number of hydrogen-bond donors (Lipinski definition) is 3. The lowest BCUT2D eigenvalue weighted by Gasteiger charge is -2.33. The van der Waals surface area contributed by atoms with E-state index < -0.39 is 11.7 Å². The lowest BCUT2D eigenvalue weighted by molar-refractivity contribution is 0.102. The van der Waals surface area contributed by atoms with Crippen LogP contribution < -0.4 is 21.7 Å². The number of anilines is 3. The number of carbonyl (C=O) groups is 1. The lowest BCUT2D eigenvalue weighted by Crippen LogP contribution is -2.43. The van der Waals surface area contributed by atoms with Crippen molar-refractivity contribution in [3.05, 3.63) is 65.9 Å². The number of nitrogens with zero attached hydrogens (tertiary/aromatic N) is 3. The Labute approximate surface area is 180 Å². The Bertz CT molecular complexity index is 1120. The van der Waals surface area contributed by atoms with Crippen LogP contribution in [0.5, 0.6) is 0 Å². The molecule has 1 aromatic carbocycles. The van der Waals surface area contributed by atoms with E-state index in [0.29, 0.717) is 23.5 Å². The van der Waals surface area contributed by atoms with E-state index in [2.05, 4.69) is 20.2 Å². The van der Waals surface area contributed by atoms with Crippen LogP contribution >= 0.6 is 0 Å². The summed E-state index contributed by atoms with van der Waals surface area (Å²) in [4.78, 5) is 23.7. The molecule has 31 heavy (non-hydrogen) atoms. The van der Waals surface area contributed by atoms with E-state index in [1.165, 1.54) is 6.07 Å². The number of nitrogens with two attached hydrogens (primary N) is 2. The van der Waals surface area contributed by atoms with Crippen molar-refractivity contribution in [3.63, 3.8) is 0 Å². The fourth-order valence-corrected chi connectivity index (χ4v) is 3.80. The predicted octanol–water partition coefficient (Wildman–Crippen LogP) is 3.35. The number of nitrogen functional groups attached to an aromatic ring is 1. The molecule has 0 unspecified atom stereocenters. The van der Waals surface area contributed by atoms with E-state index in [9.17, 15) is 9.18 Å². The number of rotatable bonds is 4. The summed E-state index contributed by atoms with van der Waals surface area (Å²) in [6.07, 6.45) is 5.23. The summed E-state index contributed by atoms with van der Waals surface area (Å²) in [7, 11) is 0. The molecular formula is C23H25FN6O. The number of carbonyl (C=O) groups excluding carboxylic acids is 1. The minimum atomic E-state index is -0.484. The van der Waals surface area contributed by atoms with Gasteiger partial charge < -0.3 is 21.7 Å². The maximum absolute atomic E-state index is 14.4. The Kier molecular flexibility index (Phi) is 5.81. The van der Waals surface area contributed by atoms with E-state index >= 15 is 0 Å². The third kappa shape index (κ3) is 4.49. The SMILES string of the molecule is Cc1ccc(-c2ccc(N)c(C(=O)Nc3cnccc3N3CCC[C@H](N)C3)n2)c(F)c1. The highest BCUT2D eigenvalue weighted by atomic mass is 19.1. The molecule has 1 amide bonds. The summed E-state index contributed by atoms with van der Waals surface area (Å²) in [5.41, 5.74) is 15.2. The van der Waals surface area contributed by atoms with Gasteiger partial charge in [0.1, 0.15) is 5.82 Å². The summed E-state index contributed by atoms with van der Waals surface area (Å²) in [5.74, 6) is -0.887. The highest BCUT2D eigenvalue weighted by Crippen LogP contribution is 2.29. The Hall–Kier alpha value is -3.52. The smallest absolute Gasteiger partial charge is 0.276 e.